The van der Waals surface area contributed by atoms with E-state index in [2.05, 4.69) is 34.4 Å². The summed E-state index contributed by atoms with van der Waals surface area (Å²) < 4.78 is 4.81. The van der Waals surface area contributed by atoms with Crippen LogP contribution >= 0.6 is 0 Å². The Kier molecular flexibility index (Phi) is 5.12. The smallest absolute Gasteiger partial charge is 0.339 e. The van der Waals surface area contributed by atoms with Crippen molar-refractivity contribution in [3.63, 3.8) is 0 Å². The number of anilines is 4. The molecule has 1 heterocycles. The number of hydrogen-bond acceptors (Lipinski definition) is 6. The van der Waals surface area contributed by atoms with Crippen LogP contribution in [0.25, 0.3) is 0 Å². The fourth-order valence-corrected chi connectivity index (χ4v) is 2.45. The van der Waals surface area contributed by atoms with Crippen LogP contribution in [-0.2, 0) is 4.74 Å². The number of ether oxygens (including phenoxy) is 1. The van der Waals surface area contributed by atoms with E-state index in [0.29, 0.717) is 23.0 Å². The highest BCUT2D eigenvalue weighted by Crippen LogP contribution is 2.22. The molecule has 0 bridgehead atoms. The van der Waals surface area contributed by atoms with Crippen LogP contribution in [0.5, 0.6) is 0 Å². The quantitative estimate of drug-likeness (QED) is 0.667. The second-order valence-corrected chi connectivity index (χ2v) is 5.85. The largest absolute Gasteiger partial charge is 0.465 e. The first kappa shape index (κ1) is 17.4. The summed E-state index contributed by atoms with van der Waals surface area (Å²) in [7, 11) is 1.36. The van der Waals surface area contributed by atoms with E-state index in [9.17, 15) is 4.79 Å². The second kappa shape index (κ2) is 7.65. The van der Waals surface area contributed by atoms with Gasteiger partial charge < -0.3 is 15.4 Å². The summed E-state index contributed by atoms with van der Waals surface area (Å²) in [6.45, 7) is 4.13. The number of benzene rings is 2. The van der Waals surface area contributed by atoms with E-state index in [0.717, 1.165) is 5.69 Å². The van der Waals surface area contributed by atoms with Gasteiger partial charge in [-0.25, -0.2) is 9.78 Å². The maximum Gasteiger partial charge on any atom is 0.339 e. The minimum Gasteiger partial charge on any atom is -0.465 e. The van der Waals surface area contributed by atoms with Crippen LogP contribution in [0.4, 0.5) is 23.1 Å². The van der Waals surface area contributed by atoms with Crippen LogP contribution in [0.1, 0.15) is 21.5 Å². The SMILES string of the molecule is COC(=O)c1ccccc1Nc1ccnc(Nc2ccc(C)c(C)c2)n1. The third kappa shape index (κ3) is 3.97. The average Bonchev–Trinajstić information content (AvgIpc) is 2.65. The maximum atomic E-state index is 11.9. The number of methoxy groups -OCH3 is 1. The lowest BCUT2D eigenvalue weighted by molar-refractivity contribution is 0.0602. The molecule has 0 spiro atoms. The fourth-order valence-electron chi connectivity index (χ4n) is 2.45. The molecule has 132 valence electrons. The van der Waals surface area contributed by atoms with Gasteiger partial charge in [0.15, 0.2) is 0 Å². The molecule has 3 aromatic rings. The number of nitrogens with one attached hydrogen (secondary N) is 2. The Bertz CT molecular complexity index is 941. The highest BCUT2D eigenvalue weighted by molar-refractivity contribution is 5.96. The highest BCUT2D eigenvalue weighted by Gasteiger charge is 2.11. The summed E-state index contributed by atoms with van der Waals surface area (Å²) in [4.78, 5) is 20.6. The van der Waals surface area contributed by atoms with Crippen LogP contribution in [0, 0.1) is 13.8 Å². The number of aryl methyl sites for hydroxylation is 2. The van der Waals surface area contributed by atoms with Gasteiger partial charge in [0.2, 0.25) is 5.95 Å². The van der Waals surface area contributed by atoms with Gasteiger partial charge in [-0.2, -0.15) is 4.98 Å². The molecule has 1 aromatic heterocycles. The van der Waals surface area contributed by atoms with Crippen molar-refractivity contribution in [3.05, 3.63) is 71.4 Å². The molecule has 2 N–H and O–H groups in total. The van der Waals surface area contributed by atoms with Gasteiger partial charge in [0.25, 0.3) is 0 Å². The third-order valence-corrected chi connectivity index (χ3v) is 4.01. The number of nitrogens with zero attached hydrogens (tertiary/aromatic N) is 2. The molecule has 26 heavy (non-hydrogen) atoms. The number of hydrogen-bond donors (Lipinski definition) is 2. The summed E-state index contributed by atoms with van der Waals surface area (Å²) in [5.74, 6) is 0.632. The number of esters is 1. The summed E-state index contributed by atoms with van der Waals surface area (Å²) >= 11 is 0. The van der Waals surface area contributed by atoms with Crippen molar-refractivity contribution in [3.8, 4) is 0 Å². The van der Waals surface area contributed by atoms with E-state index < -0.39 is 5.97 Å². The molecule has 0 saturated carbocycles. The Morgan fingerprint density at radius 3 is 2.58 bits per heavy atom. The van der Waals surface area contributed by atoms with Gasteiger partial charge in [-0.05, 0) is 55.3 Å². The first-order valence-electron chi connectivity index (χ1n) is 8.18. The van der Waals surface area contributed by atoms with Gasteiger partial charge in [-0.3, -0.25) is 0 Å². The van der Waals surface area contributed by atoms with Crippen LogP contribution in [0.15, 0.2) is 54.7 Å². The second-order valence-electron chi connectivity index (χ2n) is 5.85. The lowest BCUT2D eigenvalue weighted by Gasteiger charge is -2.11. The van der Waals surface area contributed by atoms with E-state index in [1.165, 1.54) is 18.2 Å². The number of aromatic nitrogens is 2. The Hall–Kier alpha value is -3.41. The zero-order valence-corrected chi connectivity index (χ0v) is 14.9. The molecule has 0 atom stereocenters. The molecule has 6 heteroatoms. The molecule has 0 aliphatic heterocycles. The third-order valence-electron chi connectivity index (χ3n) is 4.01. The number of rotatable bonds is 5. The van der Waals surface area contributed by atoms with Crippen molar-refractivity contribution < 1.29 is 9.53 Å². The Balaban J connectivity index is 1.82. The predicted octanol–water partition coefficient (Wildman–Crippen LogP) is 4.37. The average molecular weight is 348 g/mol. The lowest BCUT2D eigenvalue weighted by atomic mass is 10.1. The zero-order valence-electron chi connectivity index (χ0n) is 14.9. The Morgan fingerprint density at radius 1 is 1.00 bits per heavy atom. The van der Waals surface area contributed by atoms with Crippen LogP contribution in [-0.4, -0.2) is 23.0 Å². The van der Waals surface area contributed by atoms with Gasteiger partial charge in [0, 0.05) is 11.9 Å². The molecular weight excluding hydrogens is 328 g/mol. The minimum atomic E-state index is -0.407. The number of carbonyl (C=O) groups excluding carboxylic acids is 1. The van der Waals surface area contributed by atoms with Crippen molar-refractivity contribution in [2.24, 2.45) is 0 Å². The van der Waals surface area contributed by atoms with Gasteiger partial charge in [0.1, 0.15) is 5.82 Å². The molecule has 0 saturated heterocycles. The summed E-state index contributed by atoms with van der Waals surface area (Å²) in [6, 6.07) is 14.9. The van der Waals surface area contributed by atoms with Crippen LogP contribution in [0.2, 0.25) is 0 Å². The highest BCUT2D eigenvalue weighted by atomic mass is 16.5. The van der Waals surface area contributed by atoms with E-state index in [1.54, 1.807) is 30.5 Å². The molecule has 0 amide bonds. The van der Waals surface area contributed by atoms with Crippen molar-refractivity contribution >= 4 is 29.1 Å². The van der Waals surface area contributed by atoms with E-state index in [4.69, 9.17) is 4.74 Å². The number of para-hydroxylation sites is 1. The topological polar surface area (TPSA) is 76.1 Å². The maximum absolute atomic E-state index is 11.9. The molecule has 0 fully saturated rings. The zero-order chi connectivity index (χ0) is 18.5. The van der Waals surface area contributed by atoms with Gasteiger partial charge in [0.05, 0.1) is 18.4 Å². The van der Waals surface area contributed by atoms with Gasteiger partial charge >= 0.3 is 5.97 Å². The molecular formula is C20H20N4O2. The standard InChI is InChI=1S/C20H20N4O2/c1-13-8-9-15(12-14(13)2)22-20-21-11-10-18(24-20)23-17-7-5-4-6-16(17)19(25)26-3/h4-12H,1-3H3,(H2,21,22,23,24). The summed E-state index contributed by atoms with van der Waals surface area (Å²) in [5, 5.41) is 6.34. The molecule has 0 aliphatic carbocycles. The fraction of sp³-hybridized carbons (Fsp3) is 0.150. The predicted molar refractivity (Wildman–Crippen MR) is 102 cm³/mol. The van der Waals surface area contributed by atoms with Gasteiger partial charge in [-0.15, -0.1) is 0 Å². The minimum absolute atomic E-state index is 0.407. The lowest BCUT2D eigenvalue weighted by Crippen LogP contribution is -2.06. The van der Waals surface area contributed by atoms with Crippen molar-refractivity contribution in [2.75, 3.05) is 17.7 Å². The molecule has 0 radical (unpaired) electrons. The Morgan fingerprint density at radius 2 is 1.81 bits per heavy atom. The first-order valence-corrected chi connectivity index (χ1v) is 8.18. The molecule has 3 rings (SSSR count). The molecule has 0 unspecified atom stereocenters. The first-order chi connectivity index (χ1) is 12.6. The van der Waals surface area contributed by atoms with Crippen molar-refractivity contribution in [1.82, 2.24) is 9.97 Å². The van der Waals surface area contributed by atoms with Crippen molar-refractivity contribution in [2.45, 2.75) is 13.8 Å². The molecule has 2 aromatic carbocycles. The number of carbonyl (C=O) groups is 1. The summed E-state index contributed by atoms with van der Waals surface area (Å²) in [5.41, 5.74) is 4.40. The van der Waals surface area contributed by atoms with E-state index in [1.807, 2.05) is 24.3 Å². The van der Waals surface area contributed by atoms with Crippen molar-refractivity contribution in [1.29, 1.82) is 0 Å². The normalized spacial score (nSPS) is 10.3. The molecule has 0 aliphatic rings. The monoisotopic (exact) mass is 348 g/mol. The van der Waals surface area contributed by atoms with Gasteiger partial charge in [-0.1, -0.05) is 18.2 Å². The van der Waals surface area contributed by atoms with Crippen LogP contribution in [0.3, 0.4) is 0 Å². The van der Waals surface area contributed by atoms with E-state index >= 15 is 0 Å². The Labute approximate surface area is 152 Å². The van der Waals surface area contributed by atoms with Crippen LogP contribution < -0.4 is 10.6 Å². The molecule has 6 nitrogen and oxygen atoms in total. The van der Waals surface area contributed by atoms with E-state index in [-0.39, 0.29) is 0 Å². The summed E-state index contributed by atoms with van der Waals surface area (Å²) in [6.07, 6.45) is 1.65.